The number of ether oxygens (including phenoxy) is 3. The van der Waals surface area contributed by atoms with Crippen molar-refractivity contribution < 1.29 is 23.8 Å². The zero-order chi connectivity index (χ0) is 27.8. The molecule has 210 valence electrons. The van der Waals surface area contributed by atoms with E-state index in [4.69, 9.17) is 14.2 Å². The lowest BCUT2D eigenvalue weighted by atomic mass is 10.1. The van der Waals surface area contributed by atoms with E-state index in [1.807, 2.05) is 64.7 Å². The molecule has 0 spiro atoms. The minimum atomic E-state index is -0.284. The number of unbranched alkanes of at least 4 members (excludes halogenated alkanes) is 2. The van der Waals surface area contributed by atoms with Crippen molar-refractivity contribution in [3.05, 3.63) is 48.3 Å². The fourth-order valence-corrected chi connectivity index (χ4v) is 4.94. The monoisotopic (exact) mass is 536 g/mol. The molecule has 1 atom stereocenters. The van der Waals surface area contributed by atoms with Crippen molar-refractivity contribution in [2.45, 2.75) is 59.5 Å². The Morgan fingerprint density at radius 1 is 1.10 bits per heavy atom. The van der Waals surface area contributed by atoms with E-state index >= 15 is 0 Å². The average Bonchev–Trinajstić information content (AvgIpc) is 3.35. The Labute approximate surface area is 230 Å². The summed E-state index contributed by atoms with van der Waals surface area (Å²) in [5.74, 6) is 0.818. The molecule has 4 rings (SSSR count). The number of aromatic nitrogens is 2. The number of urea groups is 1. The Morgan fingerprint density at radius 3 is 2.72 bits per heavy atom. The first kappa shape index (κ1) is 28.3. The third-order valence-electron chi connectivity index (χ3n) is 7.05. The summed E-state index contributed by atoms with van der Waals surface area (Å²) in [5.41, 5.74) is 2.62. The molecule has 1 aromatic carbocycles. The Balaban J connectivity index is 1.49. The number of pyridine rings is 1. The SMILES string of the molecule is CCCCCOc1cc(N2CCCN(Cc3ccnc4c3ccn4CC(C)C(=O)OCC)C2=O)ccc1OC. The van der Waals surface area contributed by atoms with Gasteiger partial charge in [-0.3, -0.25) is 9.69 Å². The van der Waals surface area contributed by atoms with Gasteiger partial charge in [0.2, 0.25) is 0 Å². The molecule has 1 aliphatic rings. The summed E-state index contributed by atoms with van der Waals surface area (Å²) in [7, 11) is 1.63. The highest BCUT2D eigenvalue weighted by molar-refractivity contribution is 5.93. The van der Waals surface area contributed by atoms with Gasteiger partial charge in [0, 0.05) is 55.7 Å². The van der Waals surface area contributed by atoms with Crippen LogP contribution in [-0.4, -0.2) is 59.9 Å². The van der Waals surface area contributed by atoms with Gasteiger partial charge in [0.1, 0.15) is 5.65 Å². The van der Waals surface area contributed by atoms with Gasteiger partial charge in [0.05, 0.1) is 26.2 Å². The third-order valence-corrected chi connectivity index (χ3v) is 7.05. The van der Waals surface area contributed by atoms with E-state index in [1.54, 1.807) is 13.3 Å². The minimum Gasteiger partial charge on any atom is -0.493 e. The normalized spacial score (nSPS) is 14.5. The van der Waals surface area contributed by atoms with Gasteiger partial charge in [-0.25, -0.2) is 9.78 Å². The maximum Gasteiger partial charge on any atom is 0.324 e. The second-order valence-electron chi connectivity index (χ2n) is 9.93. The number of amides is 2. The highest BCUT2D eigenvalue weighted by Crippen LogP contribution is 2.34. The van der Waals surface area contributed by atoms with Crippen LogP contribution in [-0.2, 0) is 22.6 Å². The van der Waals surface area contributed by atoms with Crippen LogP contribution in [0.2, 0.25) is 0 Å². The van der Waals surface area contributed by atoms with Crippen LogP contribution in [0.25, 0.3) is 11.0 Å². The maximum atomic E-state index is 13.6. The zero-order valence-electron chi connectivity index (χ0n) is 23.5. The molecule has 1 aliphatic heterocycles. The average molecular weight is 537 g/mol. The predicted octanol–water partition coefficient (Wildman–Crippen LogP) is 5.65. The topological polar surface area (TPSA) is 86.1 Å². The van der Waals surface area contributed by atoms with Crippen molar-refractivity contribution in [2.75, 3.05) is 38.3 Å². The van der Waals surface area contributed by atoms with Gasteiger partial charge in [-0.2, -0.15) is 0 Å². The van der Waals surface area contributed by atoms with Crippen molar-refractivity contribution in [3.8, 4) is 11.5 Å². The summed E-state index contributed by atoms with van der Waals surface area (Å²) in [5, 5.41) is 0.977. The summed E-state index contributed by atoms with van der Waals surface area (Å²) in [6.07, 6.45) is 7.78. The number of hydrogen-bond donors (Lipinski definition) is 0. The molecule has 39 heavy (non-hydrogen) atoms. The van der Waals surface area contributed by atoms with Crippen molar-refractivity contribution in [1.29, 1.82) is 0 Å². The van der Waals surface area contributed by atoms with Crippen molar-refractivity contribution in [3.63, 3.8) is 0 Å². The van der Waals surface area contributed by atoms with Crippen LogP contribution in [0.3, 0.4) is 0 Å². The van der Waals surface area contributed by atoms with E-state index in [0.717, 1.165) is 48.0 Å². The lowest BCUT2D eigenvalue weighted by Gasteiger charge is -2.36. The standard InChI is InChI=1S/C30H40N4O5/c1-5-7-8-18-39-27-19-24(10-11-26(27)37-4)34-16-9-15-33(30(34)36)21-23-12-14-31-28-25(23)13-17-32(28)20-22(3)29(35)38-6-2/h10-14,17,19,22H,5-9,15-16,18,20-21H2,1-4H3. The number of methoxy groups -OCH3 is 1. The van der Waals surface area contributed by atoms with E-state index in [-0.39, 0.29) is 17.9 Å². The molecule has 3 aromatic rings. The smallest absolute Gasteiger partial charge is 0.324 e. The van der Waals surface area contributed by atoms with Gasteiger partial charge >= 0.3 is 12.0 Å². The number of anilines is 1. The molecule has 0 aliphatic carbocycles. The summed E-state index contributed by atoms with van der Waals surface area (Å²) >= 11 is 0. The highest BCUT2D eigenvalue weighted by Gasteiger charge is 2.28. The summed E-state index contributed by atoms with van der Waals surface area (Å²) < 4.78 is 18.6. The molecule has 1 fully saturated rings. The van der Waals surface area contributed by atoms with Crippen molar-refractivity contribution >= 4 is 28.7 Å². The Hall–Kier alpha value is -3.75. The van der Waals surface area contributed by atoms with E-state index in [0.29, 0.717) is 50.9 Å². The van der Waals surface area contributed by atoms with Crippen molar-refractivity contribution in [2.24, 2.45) is 5.92 Å². The fraction of sp³-hybridized carbons (Fsp3) is 0.500. The maximum absolute atomic E-state index is 13.6. The number of rotatable bonds is 13. The molecule has 9 nitrogen and oxygen atoms in total. The lowest BCUT2D eigenvalue weighted by Crippen LogP contribution is -2.49. The quantitative estimate of drug-likeness (QED) is 0.207. The van der Waals surface area contributed by atoms with Crippen LogP contribution < -0.4 is 14.4 Å². The molecule has 2 aromatic heterocycles. The van der Waals surface area contributed by atoms with Crippen LogP contribution in [0.1, 0.15) is 52.0 Å². The van der Waals surface area contributed by atoms with Crippen LogP contribution in [0.15, 0.2) is 42.7 Å². The molecule has 1 saturated heterocycles. The highest BCUT2D eigenvalue weighted by atomic mass is 16.5. The molecule has 3 heterocycles. The van der Waals surface area contributed by atoms with Crippen LogP contribution in [0.4, 0.5) is 10.5 Å². The van der Waals surface area contributed by atoms with E-state index in [9.17, 15) is 9.59 Å². The summed E-state index contributed by atoms with van der Waals surface area (Å²) in [6, 6.07) is 9.61. The molecule has 2 amide bonds. The summed E-state index contributed by atoms with van der Waals surface area (Å²) in [4.78, 5) is 34.0. The number of carbonyl (C=O) groups excluding carboxylic acids is 2. The molecular formula is C30H40N4O5. The molecular weight excluding hydrogens is 496 g/mol. The number of hydrogen-bond acceptors (Lipinski definition) is 6. The van der Waals surface area contributed by atoms with Gasteiger partial charge in [0.25, 0.3) is 0 Å². The second-order valence-corrected chi connectivity index (χ2v) is 9.93. The predicted molar refractivity (Wildman–Crippen MR) is 151 cm³/mol. The molecule has 9 heteroatoms. The zero-order valence-corrected chi connectivity index (χ0v) is 23.5. The summed E-state index contributed by atoms with van der Waals surface area (Å²) in [6.45, 7) is 9.08. The van der Waals surface area contributed by atoms with Crippen LogP contribution >= 0.6 is 0 Å². The number of fused-ring (bicyclic) bond motifs is 1. The minimum absolute atomic E-state index is 0.0383. The molecule has 0 N–H and O–H groups in total. The largest absolute Gasteiger partial charge is 0.493 e. The molecule has 1 unspecified atom stereocenters. The Kier molecular flexibility index (Phi) is 9.68. The van der Waals surface area contributed by atoms with Crippen LogP contribution in [0.5, 0.6) is 11.5 Å². The molecule has 0 saturated carbocycles. The number of esters is 1. The van der Waals surface area contributed by atoms with Crippen molar-refractivity contribution in [1.82, 2.24) is 14.5 Å². The van der Waals surface area contributed by atoms with E-state index in [1.165, 1.54) is 0 Å². The molecule has 0 radical (unpaired) electrons. The first-order chi connectivity index (χ1) is 19.0. The lowest BCUT2D eigenvalue weighted by molar-refractivity contribution is -0.147. The Morgan fingerprint density at radius 2 is 1.95 bits per heavy atom. The van der Waals surface area contributed by atoms with Crippen LogP contribution in [0, 0.1) is 5.92 Å². The number of carbonyl (C=O) groups is 2. The van der Waals surface area contributed by atoms with Gasteiger partial charge in [-0.05, 0) is 49.6 Å². The van der Waals surface area contributed by atoms with Gasteiger partial charge in [-0.15, -0.1) is 0 Å². The Bertz CT molecular complexity index is 1270. The first-order valence-electron chi connectivity index (χ1n) is 13.9. The van der Waals surface area contributed by atoms with E-state index < -0.39 is 0 Å². The second kappa shape index (κ2) is 13.4. The van der Waals surface area contributed by atoms with Gasteiger partial charge in [0.15, 0.2) is 11.5 Å². The fourth-order valence-electron chi connectivity index (χ4n) is 4.94. The number of nitrogens with zero attached hydrogens (tertiary/aromatic N) is 4. The van der Waals surface area contributed by atoms with Gasteiger partial charge in [-0.1, -0.05) is 26.7 Å². The first-order valence-corrected chi connectivity index (χ1v) is 13.9. The number of benzene rings is 1. The van der Waals surface area contributed by atoms with E-state index in [2.05, 4.69) is 11.9 Å². The molecule has 0 bridgehead atoms. The third kappa shape index (κ3) is 6.64. The van der Waals surface area contributed by atoms with Gasteiger partial charge < -0.3 is 23.7 Å².